The molecule has 4 rings (SSSR count). The van der Waals surface area contributed by atoms with Gasteiger partial charge in [-0.1, -0.05) is 23.2 Å². The summed E-state index contributed by atoms with van der Waals surface area (Å²) in [6, 6.07) is 8.30. The summed E-state index contributed by atoms with van der Waals surface area (Å²) < 4.78 is 13.2. The van der Waals surface area contributed by atoms with Gasteiger partial charge in [0.1, 0.15) is 10.8 Å². The molecule has 13 heteroatoms. The fourth-order valence-electron chi connectivity index (χ4n) is 3.32. The van der Waals surface area contributed by atoms with Crippen molar-refractivity contribution in [1.82, 2.24) is 15.0 Å². The molecule has 0 bridgehead atoms. The fraction of sp³-hybridized carbons (Fsp3) is 0.238. The summed E-state index contributed by atoms with van der Waals surface area (Å²) in [7, 11) is 0. The van der Waals surface area contributed by atoms with Crippen LogP contribution in [-0.4, -0.2) is 39.2 Å². The van der Waals surface area contributed by atoms with Crippen LogP contribution in [0.4, 0.5) is 33.6 Å². The van der Waals surface area contributed by atoms with E-state index >= 15 is 0 Å². The number of rotatable bonds is 7. The average Bonchev–Trinajstić information content (AvgIpc) is 2.82. The second-order valence-electron chi connectivity index (χ2n) is 7.41. The first-order valence-electron chi connectivity index (χ1n) is 10.3. The first kappa shape index (κ1) is 23.6. The molecule has 1 fully saturated rings. The normalized spacial score (nSPS) is 13.8. The molecule has 1 aliphatic heterocycles. The highest BCUT2D eigenvalue weighted by Crippen LogP contribution is 2.30. The van der Waals surface area contributed by atoms with Gasteiger partial charge in [-0.2, -0.15) is 20.1 Å². The molecule has 2 N–H and O–H groups in total. The number of nitrogens with one attached hydrogen (secondary N) is 2. The predicted molar refractivity (Wildman–Crippen MR) is 130 cm³/mol. The Kier molecular flexibility index (Phi) is 7.33. The summed E-state index contributed by atoms with van der Waals surface area (Å²) in [6.45, 7) is 1.62. The van der Waals surface area contributed by atoms with E-state index in [9.17, 15) is 14.5 Å². The summed E-state index contributed by atoms with van der Waals surface area (Å²) in [5, 5.41) is 18.4. The average molecular weight is 505 g/mol. The van der Waals surface area contributed by atoms with Crippen molar-refractivity contribution < 1.29 is 9.31 Å². The summed E-state index contributed by atoms with van der Waals surface area (Å²) in [4.78, 5) is 25.8. The van der Waals surface area contributed by atoms with Crippen LogP contribution in [0, 0.1) is 15.9 Å². The van der Waals surface area contributed by atoms with Crippen molar-refractivity contribution in [2.45, 2.75) is 19.3 Å². The number of hydrogen-bond donors (Lipinski definition) is 2. The molecule has 0 saturated carbocycles. The molecule has 0 spiro atoms. The molecule has 0 atom stereocenters. The Bertz CT molecular complexity index is 1220. The number of anilines is 4. The molecule has 2 aromatic carbocycles. The first-order chi connectivity index (χ1) is 16.4. The van der Waals surface area contributed by atoms with Gasteiger partial charge in [0, 0.05) is 30.4 Å². The van der Waals surface area contributed by atoms with Gasteiger partial charge in [-0.25, -0.2) is 9.82 Å². The standard InChI is InChI=1S/C21H19Cl2FN8O2/c22-16-11-17(23)18(32(33)34)10-13(16)12-25-30-20-27-19(26-15-6-4-14(24)5-7-15)28-21(29-20)31-8-2-1-3-9-31/h4-7,10-12H,1-3,8-9H2,(H2,26,27,28,29,30)/b25-12-. The summed E-state index contributed by atoms with van der Waals surface area (Å²) in [5.41, 5.74) is 3.33. The zero-order valence-electron chi connectivity index (χ0n) is 17.7. The monoisotopic (exact) mass is 504 g/mol. The van der Waals surface area contributed by atoms with E-state index in [1.54, 1.807) is 12.1 Å². The Labute approximate surface area is 204 Å². The Hall–Kier alpha value is -3.57. The molecule has 34 heavy (non-hydrogen) atoms. The van der Waals surface area contributed by atoms with Gasteiger partial charge < -0.3 is 10.2 Å². The Morgan fingerprint density at radius 1 is 1.03 bits per heavy atom. The van der Waals surface area contributed by atoms with E-state index in [1.165, 1.54) is 30.5 Å². The molecular weight excluding hydrogens is 486 g/mol. The van der Waals surface area contributed by atoms with Gasteiger partial charge in [0.05, 0.1) is 16.2 Å². The Morgan fingerprint density at radius 3 is 2.44 bits per heavy atom. The van der Waals surface area contributed by atoms with Crippen molar-refractivity contribution in [3.05, 3.63) is 67.9 Å². The van der Waals surface area contributed by atoms with E-state index in [1.807, 2.05) is 0 Å². The maximum Gasteiger partial charge on any atom is 0.288 e. The van der Waals surface area contributed by atoms with Crippen molar-refractivity contribution in [1.29, 1.82) is 0 Å². The second kappa shape index (κ2) is 10.6. The van der Waals surface area contributed by atoms with Gasteiger partial charge in [0.2, 0.25) is 17.8 Å². The molecule has 2 heterocycles. The molecule has 10 nitrogen and oxygen atoms in total. The van der Waals surface area contributed by atoms with Crippen LogP contribution in [0.25, 0.3) is 0 Å². The minimum Gasteiger partial charge on any atom is -0.341 e. The Morgan fingerprint density at radius 2 is 1.74 bits per heavy atom. The molecule has 1 aliphatic rings. The topological polar surface area (TPSA) is 121 Å². The lowest BCUT2D eigenvalue weighted by Gasteiger charge is -2.26. The number of nitrogens with zero attached hydrogens (tertiary/aromatic N) is 6. The second-order valence-corrected chi connectivity index (χ2v) is 8.23. The van der Waals surface area contributed by atoms with Crippen molar-refractivity contribution in [2.75, 3.05) is 28.7 Å². The highest BCUT2D eigenvalue weighted by Gasteiger charge is 2.17. The predicted octanol–water partition coefficient (Wildman–Crippen LogP) is 5.41. The molecule has 0 unspecified atom stereocenters. The summed E-state index contributed by atoms with van der Waals surface area (Å²) in [6.07, 6.45) is 4.51. The van der Waals surface area contributed by atoms with Gasteiger partial charge in [-0.15, -0.1) is 0 Å². The summed E-state index contributed by atoms with van der Waals surface area (Å²) in [5.74, 6) is 0.515. The van der Waals surface area contributed by atoms with Crippen LogP contribution in [-0.2, 0) is 0 Å². The van der Waals surface area contributed by atoms with E-state index < -0.39 is 4.92 Å². The van der Waals surface area contributed by atoms with Gasteiger partial charge in [0.25, 0.3) is 5.69 Å². The van der Waals surface area contributed by atoms with Crippen LogP contribution < -0.4 is 15.6 Å². The van der Waals surface area contributed by atoms with Gasteiger partial charge in [0.15, 0.2) is 0 Å². The number of nitro groups is 1. The molecule has 0 amide bonds. The maximum atomic E-state index is 13.2. The van der Waals surface area contributed by atoms with Gasteiger partial charge in [-0.05, 0) is 49.6 Å². The number of hydrogen-bond acceptors (Lipinski definition) is 9. The van der Waals surface area contributed by atoms with Gasteiger partial charge >= 0.3 is 0 Å². The van der Waals surface area contributed by atoms with E-state index in [0.29, 0.717) is 17.2 Å². The lowest BCUT2D eigenvalue weighted by molar-refractivity contribution is -0.384. The highest BCUT2D eigenvalue weighted by molar-refractivity contribution is 6.37. The smallest absolute Gasteiger partial charge is 0.288 e. The zero-order chi connectivity index (χ0) is 24.1. The van der Waals surface area contributed by atoms with Crippen LogP contribution in [0.1, 0.15) is 24.8 Å². The minimum atomic E-state index is -0.603. The number of piperidine rings is 1. The molecule has 0 aliphatic carbocycles. The third-order valence-electron chi connectivity index (χ3n) is 4.99. The fourth-order valence-corrected chi connectivity index (χ4v) is 3.82. The number of hydrazone groups is 1. The number of aromatic nitrogens is 3. The van der Waals surface area contributed by atoms with Crippen molar-refractivity contribution in [3.63, 3.8) is 0 Å². The first-order valence-corrected chi connectivity index (χ1v) is 11.1. The van der Waals surface area contributed by atoms with E-state index in [4.69, 9.17) is 23.2 Å². The van der Waals surface area contributed by atoms with Crippen molar-refractivity contribution in [3.8, 4) is 0 Å². The molecule has 3 aromatic rings. The van der Waals surface area contributed by atoms with E-state index in [2.05, 4.69) is 35.7 Å². The van der Waals surface area contributed by atoms with Crippen LogP contribution >= 0.6 is 23.2 Å². The van der Waals surface area contributed by atoms with Crippen LogP contribution in [0.15, 0.2) is 41.5 Å². The highest BCUT2D eigenvalue weighted by atomic mass is 35.5. The van der Waals surface area contributed by atoms with Crippen LogP contribution in [0.3, 0.4) is 0 Å². The number of benzene rings is 2. The van der Waals surface area contributed by atoms with E-state index in [-0.39, 0.29) is 33.4 Å². The quantitative estimate of drug-likeness (QED) is 0.249. The maximum absolute atomic E-state index is 13.2. The number of halogens is 3. The minimum absolute atomic E-state index is 0.0692. The third kappa shape index (κ3) is 5.86. The zero-order valence-corrected chi connectivity index (χ0v) is 19.2. The SMILES string of the molecule is O=[N+]([O-])c1cc(/C=N\Nc2nc(Nc3ccc(F)cc3)nc(N3CCCCC3)n2)c(Cl)cc1Cl. The molecule has 1 aromatic heterocycles. The lowest BCUT2D eigenvalue weighted by atomic mass is 10.1. The molecule has 176 valence electrons. The molecule has 0 radical (unpaired) electrons. The summed E-state index contributed by atoms with van der Waals surface area (Å²) >= 11 is 12.0. The number of nitro benzene ring substituents is 1. The third-order valence-corrected chi connectivity index (χ3v) is 5.62. The molecule has 1 saturated heterocycles. The lowest BCUT2D eigenvalue weighted by Crippen LogP contribution is -2.31. The van der Waals surface area contributed by atoms with Crippen molar-refractivity contribution in [2.24, 2.45) is 5.10 Å². The van der Waals surface area contributed by atoms with Crippen LogP contribution in [0.5, 0.6) is 0 Å². The molecular formula is C21H19Cl2FN8O2. The Balaban J connectivity index is 1.59. The largest absolute Gasteiger partial charge is 0.341 e. The van der Waals surface area contributed by atoms with Gasteiger partial charge in [-0.3, -0.25) is 10.1 Å². The van der Waals surface area contributed by atoms with Crippen molar-refractivity contribution >= 4 is 58.6 Å². The van der Waals surface area contributed by atoms with E-state index in [0.717, 1.165) is 32.4 Å². The van der Waals surface area contributed by atoms with Crippen LogP contribution in [0.2, 0.25) is 10.0 Å².